The third kappa shape index (κ3) is 1.67. The van der Waals surface area contributed by atoms with Gasteiger partial charge in [0.2, 0.25) is 0 Å². The Balaban J connectivity index is 3.13. The highest BCUT2D eigenvalue weighted by molar-refractivity contribution is 5.14. The van der Waals surface area contributed by atoms with Crippen LogP contribution in [0, 0.1) is 22.2 Å². The van der Waals surface area contributed by atoms with Gasteiger partial charge in [-0.3, -0.25) is 0 Å². The van der Waals surface area contributed by atoms with Crippen molar-refractivity contribution in [1.82, 2.24) is 0 Å². The maximum absolute atomic E-state index is 10.9. The van der Waals surface area contributed by atoms with Crippen LogP contribution in [-0.4, -0.2) is 10.7 Å². The van der Waals surface area contributed by atoms with Crippen molar-refractivity contribution in [3.05, 3.63) is 0 Å². The second kappa shape index (κ2) is 3.79. The summed E-state index contributed by atoms with van der Waals surface area (Å²) in [4.78, 5) is 0. The number of hydrogen-bond donors (Lipinski definition) is 1. The Bertz CT molecular complexity index is 279. The first-order valence-electron chi connectivity index (χ1n) is 5.96. The van der Waals surface area contributed by atoms with E-state index in [0.29, 0.717) is 6.42 Å². The Kier molecular flexibility index (Phi) is 3.16. The average Bonchev–Trinajstić information content (AvgIpc) is 2.21. The Morgan fingerprint density at radius 1 is 1.33 bits per heavy atom. The van der Waals surface area contributed by atoms with Gasteiger partial charge in [0.05, 0.1) is 17.1 Å². The van der Waals surface area contributed by atoms with Gasteiger partial charge in [0.25, 0.3) is 0 Å². The van der Waals surface area contributed by atoms with Crippen LogP contribution in [0.1, 0.15) is 59.8 Å². The fraction of sp³-hybridized carbons (Fsp3) is 0.923. The first kappa shape index (κ1) is 12.5. The fourth-order valence-corrected chi connectivity index (χ4v) is 2.98. The molecule has 1 N–H and O–H groups in total. The van der Waals surface area contributed by atoms with Gasteiger partial charge in [-0.15, -0.1) is 0 Å². The highest BCUT2D eigenvalue weighted by Crippen LogP contribution is 2.53. The lowest BCUT2D eigenvalue weighted by Crippen LogP contribution is -2.57. The van der Waals surface area contributed by atoms with E-state index in [4.69, 9.17) is 0 Å². The SMILES string of the molecule is CCC(C)(C#N)C1(O)CCCCC1(C)C. The minimum absolute atomic E-state index is 0.147. The van der Waals surface area contributed by atoms with Crippen LogP contribution in [-0.2, 0) is 0 Å². The quantitative estimate of drug-likeness (QED) is 0.758. The smallest absolute Gasteiger partial charge is 0.0881 e. The number of nitriles is 1. The summed E-state index contributed by atoms with van der Waals surface area (Å²) in [5.74, 6) is 0. The van der Waals surface area contributed by atoms with Crippen LogP contribution >= 0.6 is 0 Å². The molecule has 0 amide bonds. The highest BCUT2D eigenvalue weighted by Gasteiger charge is 2.56. The van der Waals surface area contributed by atoms with Crippen LogP contribution in [0.2, 0.25) is 0 Å². The van der Waals surface area contributed by atoms with Gasteiger partial charge in [0, 0.05) is 0 Å². The Morgan fingerprint density at radius 3 is 2.27 bits per heavy atom. The standard InChI is InChI=1S/C13H23NO/c1-5-12(4,10-14)13(15)9-7-6-8-11(13,2)3/h15H,5-9H2,1-4H3. The number of hydrogen-bond acceptors (Lipinski definition) is 2. The molecule has 2 atom stereocenters. The van der Waals surface area contributed by atoms with E-state index in [9.17, 15) is 10.4 Å². The van der Waals surface area contributed by atoms with Crippen molar-refractivity contribution in [3.8, 4) is 6.07 Å². The van der Waals surface area contributed by atoms with Crippen molar-refractivity contribution in [2.75, 3.05) is 0 Å². The van der Waals surface area contributed by atoms with Crippen LogP contribution in [0.5, 0.6) is 0 Å². The molecule has 0 radical (unpaired) electrons. The third-order valence-corrected chi connectivity index (χ3v) is 4.58. The van der Waals surface area contributed by atoms with Crippen LogP contribution in [0.3, 0.4) is 0 Å². The Morgan fingerprint density at radius 2 is 1.87 bits per heavy atom. The van der Waals surface area contributed by atoms with Crippen molar-refractivity contribution in [1.29, 1.82) is 5.26 Å². The average molecular weight is 209 g/mol. The molecule has 1 aliphatic carbocycles. The zero-order valence-electron chi connectivity index (χ0n) is 10.4. The van der Waals surface area contributed by atoms with Gasteiger partial charge in [-0.25, -0.2) is 0 Å². The van der Waals surface area contributed by atoms with E-state index in [1.54, 1.807) is 0 Å². The molecule has 0 aromatic heterocycles. The minimum atomic E-state index is -0.832. The summed E-state index contributed by atoms with van der Waals surface area (Å²) in [5.41, 5.74) is -1.59. The van der Waals surface area contributed by atoms with Crippen molar-refractivity contribution < 1.29 is 5.11 Å². The molecule has 15 heavy (non-hydrogen) atoms. The van der Waals surface area contributed by atoms with E-state index < -0.39 is 11.0 Å². The summed E-state index contributed by atoms with van der Waals surface area (Å²) < 4.78 is 0. The highest BCUT2D eigenvalue weighted by atomic mass is 16.3. The minimum Gasteiger partial charge on any atom is -0.388 e. The van der Waals surface area contributed by atoms with Crippen molar-refractivity contribution in [2.45, 2.75) is 65.4 Å². The lowest BCUT2D eigenvalue weighted by Gasteiger charge is -2.53. The van der Waals surface area contributed by atoms with Crippen molar-refractivity contribution in [3.63, 3.8) is 0 Å². The van der Waals surface area contributed by atoms with Crippen LogP contribution in [0.15, 0.2) is 0 Å². The summed E-state index contributed by atoms with van der Waals surface area (Å²) in [6.07, 6.45) is 4.69. The van der Waals surface area contributed by atoms with E-state index in [2.05, 4.69) is 19.9 Å². The topological polar surface area (TPSA) is 44.0 Å². The van der Waals surface area contributed by atoms with Crippen molar-refractivity contribution >= 4 is 0 Å². The summed E-state index contributed by atoms with van der Waals surface area (Å²) >= 11 is 0. The lowest BCUT2D eigenvalue weighted by molar-refractivity contribution is -0.159. The van der Waals surface area contributed by atoms with Crippen LogP contribution < -0.4 is 0 Å². The van der Waals surface area contributed by atoms with Gasteiger partial charge in [-0.1, -0.05) is 33.6 Å². The number of aliphatic hydroxyl groups is 1. The second-order valence-electron chi connectivity index (χ2n) is 5.75. The summed E-state index contributed by atoms with van der Waals surface area (Å²) in [6, 6.07) is 2.34. The molecule has 0 aliphatic heterocycles. The molecule has 86 valence electrons. The summed E-state index contributed by atoms with van der Waals surface area (Å²) in [6.45, 7) is 8.08. The molecule has 0 aromatic carbocycles. The van der Waals surface area contributed by atoms with Crippen molar-refractivity contribution in [2.24, 2.45) is 10.8 Å². The molecular weight excluding hydrogens is 186 g/mol. The van der Waals surface area contributed by atoms with Gasteiger partial charge in [0.15, 0.2) is 0 Å². The zero-order chi connectivity index (χ0) is 11.7. The molecule has 0 spiro atoms. The second-order valence-corrected chi connectivity index (χ2v) is 5.75. The molecule has 0 aromatic rings. The van der Waals surface area contributed by atoms with Crippen LogP contribution in [0.4, 0.5) is 0 Å². The molecule has 0 heterocycles. The fourth-order valence-electron chi connectivity index (χ4n) is 2.98. The van der Waals surface area contributed by atoms with E-state index in [1.165, 1.54) is 6.42 Å². The summed E-state index contributed by atoms with van der Waals surface area (Å²) in [5, 5.41) is 20.2. The summed E-state index contributed by atoms with van der Waals surface area (Å²) in [7, 11) is 0. The van der Waals surface area contributed by atoms with E-state index >= 15 is 0 Å². The monoisotopic (exact) mass is 209 g/mol. The Hall–Kier alpha value is -0.550. The van der Waals surface area contributed by atoms with Gasteiger partial charge in [-0.05, 0) is 31.6 Å². The first-order valence-corrected chi connectivity index (χ1v) is 5.96. The molecule has 1 fully saturated rings. The third-order valence-electron chi connectivity index (χ3n) is 4.58. The van der Waals surface area contributed by atoms with Gasteiger partial charge < -0.3 is 5.11 Å². The molecular formula is C13H23NO. The molecule has 0 saturated heterocycles. The molecule has 2 nitrogen and oxygen atoms in total. The maximum atomic E-state index is 10.9. The normalized spacial score (nSPS) is 34.1. The zero-order valence-corrected chi connectivity index (χ0v) is 10.4. The first-order chi connectivity index (χ1) is 6.83. The van der Waals surface area contributed by atoms with Gasteiger partial charge in [0.1, 0.15) is 0 Å². The van der Waals surface area contributed by atoms with E-state index in [1.807, 2.05) is 13.8 Å². The molecule has 1 rings (SSSR count). The Labute approximate surface area is 93.3 Å². The van der Waals surface area contributed by atoms with Gasteiger partial charge in [-0.2, -0.15) is 5.26 Å². The maximum Gasteiger partial charge on any atom is 0.0881 e. The van der Waals surface area contributed by atoms with Gasteiger partial charge >= 0.3 is 0 Å². The van der Waals surface area contributed by atoms with E-state index in [-0.39, 0.29) is 5.41 Å². The largest absolute Gasteiger partial charge is 0.388 e. The molecule has 1 saturated carbocycles. The predicted molar refractivity (Wildman–Crippen MR) is 61.2 cm³/mol. The number of nitrogens with zero attached hydrogens (tertiary/aromatic N) is 1. The van der Waals surface area contributed by atoms with E-state index in [0.717, 1.165) is 19.3 Å². The molecule has 2 heteroatoms. The molecule has 2 unspecified atom stereocenters. The molecule has 1 aliphatic rings. The van der Waals surface area contributed by atoms with Crippen LogP contribution in [0.25, 0.3) is 0 Å². The number of rotatable bonds is 2. The lowest BCUT2D eigenvalue weighted by atomic mass is 9.54. The predicted octanol–water partition coefficient (Wildman–Crippen LogP) is 3.26. The molecule has 0 bridgehead atoms.